The van der Waals surface area contributed by atoms with Crippen LogP contribution < -0.4 is 0 Å². The van der Waals surface area contributed by atoms with Gasteiger partial charge in [0.25, 0.3) is 0 Å². The maximum atomic E-state index is 13.1. The molecule has 100 heavy (non-hydrogen) atoms. The normalized spacial score (nSPS) is 13.9. The first kappa shape index (κ1) is 97.8. The number of hydrogen-bond acceptors (Lipinski definition) is 15. The molecule has 0 heterocycles. The molecule has 0 spiro atoms. The maximum Gasteiger partial charge on any atom is 0.472 e. The van der Waals surface area contributed by atoms with Gasteiger partial charge in [0.15, 0.2) is 12.2 Å². The van der Waals surface area contributed by atoms with Gasteiger partial charge in [-0.3, -0.25) is 37.3 Å². The number of aliphatic hydroxyl groups excluding tert-OH is 1. The second kappa shape index (κ2) is 75.0. The number of allylic oxidation sites excluding steroid dienone is 2. The average Bonchev–Trinajstić information content (AvgIpc) is 1.25. The highest BCUT2D eigenvalue weighted by atomic mass is 31.2. The molecule has 0 aliphatic carbocycles. The standard InChI is InChI=1S/C81H156O17P2/c1-5-9-13-17-21-25-29-33-37-41-45-49-53-57-61-65-78(83)91-71-76(97-80(85)67-63-59-55-51-47-43-39-35-31-27-23-19-15-11-7-3)73-95-99(87,88)93-69-75(82)70-94-100(89,90)96-74-77(98-81(86)68-64-60-56-52-48-44-40-36-32-28-24-20-16-12-8-4)72-92-79(84)66-62-58-54-50-46-42-38-34-30-26-22-18-14-10-6-2/h27,31,75-77,82H,5-26,28-30,32-74H2,1-4H3,(H,87,88)(H,89,90)/b31-27-/t75-,76-,77-/m1/s1. The summed E-state index contributed by atoms with van der Waals surface area (Å²) in [5, 5.41) is 10.6. The molecule has 17 nitrogen and oxygen atoms in total. The Morgan fingerprint density at radius 1 is 0.270 bits per heavy atom. The van der Waals surface area contributed by atoms with Gasteiger partial charge >= 0.3 is 39.5 Å². The van der Waals surface area contributed by atoms with Gasteiger partial charge in [0.05, 0.1) is 26.4 Å². The maximum absolute atomic E-state index is 13.1. The predicted octanol–water partition coefficient (Wildman–Crippen LogP) is 24.3. The van der Waals surface area contributed by atoms with Crippen molar-refractivity contribution in [2.75, 3.05) is 39.6 Å². The fraction of sp³-hybridized carbons (Fsp3) is 0.926. The molecule has 0 bridgehead atoms. The first-order valence-electron chi connectivity index (χ1n) is 41.9. The number of ether oxygens (including phenoxy) is 4. The van der Waals surface area contributed by atoms with Gasteiger partial charge in [-0.25, -0.2) is 9.13 Å². The Kier molecular flexibility index (Phi) is 73.4. The van der Waals surface area contributed by atoms with E-state index in [2.05, 4.69) is 39.8 Å². The van der Waals surface area contributed by atoms with Crippen LogP contribution in [0.2, 0.25) is 0 Å². The van der Waals surface area contributed by atoms with Crippen LogP contribution in [0.25, 0.3) is 0 Å². The molecule has 0 aromatic heterocycles. The van der Waals surface area contributed by atoms with Crippen LogP contribution in [-0.2, 0) is 65.4 Å². The van der Waals surface area contributed by atoms with E-state index in [0.717, 1.165) is 109 Å². The number of esters is 4. The molecule has 19 heteroatoms. The Labute approximate surface area is 612 Å². The van der Waals surface area contributed by atoms with Crippen LogP contribution >= 0.6 is 15.6 Å². The lowest BCUT2D eigenvalue weighted by Crippen LogP contribution is -2.30. The lowest BCUT2D eigenvalue weighted by atomic mass is 10.0. The van der Waals surface area contributed by atoms with Gasteiger partial charge in [-0.05, 0) is 51.4 Å². The van der Waals surface area contributed by atoms with E-state index in [1.165, 1.54) is 238 Å². The molecule has 0 aromatic carbocycles. The van der Waals surface area contributed by atoms with E-state index < -0.39 is 97.5 Å². The molecule has 592 valence electrons. The molecular formula is C81H156O17P2. The zero-order valence-corrected chi connectivity index (χ0v) is 66.7. The topological polar surface area (TPSA) is 237 Å². The minimum absolute atomic E-state index is 0.100. The minimum Gasteiger partial charge on any atom is -0.462 e. The summed E-state index contributed by atoms with van der Waals surface area (Å²) in [7, 11) is -9.92. The zero-order chi connectivity index (χ0) is 73.2. The Balaban J connectivity index is 5.28. The van der Waals surface area contributed by atoms with Crippen molar-refractivity contribution in [1.29, 1.82) is 0 Å². The van der Waals surface area contributed by atoms with Crippen LogP contribution in [0.4, 0.5) is 0 Å². The third-order valence-corrected chi connectivity index (χ3v) is 20.7. The SMILES string of the molecule is CCCCCC/C=C\CCCCCCCCCC(=O)O[C@H](COC(=O)CCCCCCCCCCCCCCCCC)COP(=O)(O)OC[C@@H](O)COP(=O)(O)OC[C@@H](COC(=O)CCCCCCCCCCCCCCCCC)OC(=O)CCCCCCCCCCCCCCCCC. The minimum atomic E-state index is -4.96. The molecule has 0 radical (unpaired) electrons. The van der Waals surface area contributed by atoms with Crippen molar-refractivity contribution < 1.29 is 80.2 Å². The second-order valence-corrected chi connectivity index (χ2v) is 31.7. The predicted molar refractivity (Wildman–Crippen MR) is 409 cm³/mol. The van der Waals surface area contributed by atoms with Crippen LogP contribution in [0, 0.1) is 0 Å². The number of phosphoric ester groups is 2. The van der Waals surface area contributed by atoms with Crippen molar-refractivity contribution in [3.05, 3.63) is 12.2 Å². The molecule has 0 fully saturated rings. The summed E-state index contributed by atoms with van der Waals surface area (Å²) in [5.41, 5.74) is 0. The van der Waals surface area contributed by atoms with Crippen LogP contribution in [-0.4, -0.2) is 96.7 Å². The fourth-order valence-corrected chi connectivity index (χ4v) is 13.9. The quantitative estimate of drug-likeness (QED) is 0.0169. The van der Waals surface area contributed by atoms with E-state index >= 15 is 0 Å². The van der Waals surface area contributed by atoms with Crippen molar-refractivity contribution in [3.8, 4) is 0 Å². The van der Waals surface area contributed by atoms with E-state index in [0.29, 0.717) is 25.7 Å². The van der Waals surface area contributed by atoms with Crippen LogP contribution in [0.3, 0.4) is 0 Å². The van der Waals surface area contributed by atoms with Gasteiger partial charge in [-0.2, -0.15) is 0 Å². The van der Waals surface area contributed by atoms with E-state index in [9.17, 15) is 43.2 Å². The largest absolute Gasteiger partial charge is 0.472 e. The van der Waals surface area contributed by atoms with E-state index in [4.69, 9.17) is 37.0 Å². The van der Waals surface area contributed by atoms with Crippen LogP contribution in [0.15, 0.2) is 12.2 Å². The summed E-state index contributed by atoms with van der Waals surface area (Å²) in [6, 6.07) is 0. The summed E-state index contributed by atoms with van der Waals surface area (Å²) in [4.78, 5) is 73.1. The number of carbonyl (C=O) groups excluding carboxylic acids is 4. The first-order chi connectivity index (χ1) is 48.7. The van der Waals surface area contributed by atoms with Crippen molar-refractivity contribution >= 4 is 39.5 Å². The van der Waals surface area contributed by atoms with Gasteiger partial charge in [-0.1, -0.05) is 361 Å². The number of phosphoric acid groups is 2. The molecule has 0 aromatic rings. The smallest absolute Gasteiger partial charge is 0.462 e. The molecule has 5 atom stereocenters. The summed E-state index contributed by atoms with van der Waals surface area (Å²) < 4.78 is 68.8. The number of aliphatic hydroxyl groups is 1. The lowest BCUT2D eigenvalue weighted by Gasteiger charge is -2.21. The lowest BCUT2D eigenvalue weighted by molar-refractivity contribution is -0.161. The molecule has 2 unspecified atom stereocenters. The Bertz CT molecular complexity index is 1940. The number of unbranched alkanes of at least 4 members (excludes halogenated alkanes) is 53. The highest BCUT2D eigenvalue weighted by Gasteiger charge is 2.30. The summed E-state index contributed by atoms with van der Waals surface area (Å²) in [5.74, 6) is -2.11. The molecule has 0 aliphatic rings. The highest BCUT2D eigenvalue weighted by Crippen LogP contribution is 2.45. The Morgan fingerprint density at radius 3 is 0.700 bits per heavy atom. The first-order valence-corrected chi connectivity index (χ1v) is 44.9. The number of hydrogen-bond donors (Lipinski definition) is 3. The molecular weight excluding hydrogens is 1310 g/mol. The molecule has 0 amide bonds. The average molecular weight is 1460 g/mol. The van der Waals surface area contributed by atoms with E-state index in [1.54, 1.807) is 0 Å². The zero-order valence-electron chi connectivity index (χ0n) is 64.9. The molecule has 0 saturated heterocycles. The highest BCUT2D eigenvalue weighted by molar-refractivity contribution is 7.47. The van der Waals surface area contributed by atoms with Gasteiger partial charge in [-0.15, -0.1) is 0 Å². The second-order valence-electron chi connectivity index (χ2n) is 28.8. The van der Waals surface area contributed by atoms with Crippen molar-refractivity contribution in [3.63, 3.8) is 0 Å². The monoisotopic (exact) mass is 1460 g/mol. The number of carbonyl (C=O) groups is 4. The molecule has 0 rings (SSSR count). The Hall–Kier alpha value is -2.20. The van der Waals surface area contributed by atoms with Crippen LogP contribution in [0.1, 0.15) is 426 Å². The number of rotatable bonds is 81. The fourth-order valence-electron chi connectivity index (χ4n) is 12.3. The third-order valence-electron chi connectivity index (χ3n) is 18.8. The summed E-state index contributed by atoms with van der Waals surface area (Å²) in [6.07, 6.45) is 68.8. The van der Waals surface area contributed by atoms with Gasteiger partial charge < -0.3 is 33.8 Å². The van der Waals surface area contributed by atoms with Crippen molar-refractivity contribution in [1.82, 2.24) is 0 Å². The van der Waals surface area contributed by atoms with Gasteiger partial charge in [0.1, 0.15) is 19.3 Å². The van der Waals surface area contributed by atoms with Gasteiger partial charge in [0, 0.05) is 25.7 Å². The summed E-state index contributed by atoms with van der Waals surface area (Å²) >= 11 is 0. The van der Waals surface area contributed by atoms with Crippen molar-refractivity contribution in [2.45, 2.75) is 444 Å². The summed E-state index contributed by atoms with van der Waals surface area (Å²) in [6.45, 7) is 5.01. The van der Waals surface area contributed by atoms with Crippen molar-refractivity contribution in [2.24, 2.45) is 0 Å². The third kappa shape index (κ3) is 74.1. The Morgan fingerprint density at radius 2 is 0.460 bits per heavy atom. The van der Waals surface area contributed by atoms with Gasteiger partial charge in [0.2, 0.25) is 0 Å². The molecule has 0 saturated carbocycles. The molecule has 0 aliphatic heterocycles. The van der Waals surface area contributed by atoms with Crippen LogP contribution in [0.5, 0.6) is 0 Å². The van der Waals surface area contributed by atoms with E-state index in [-0.39, 0.29) is 25.7 Å². The van der Waals surface area contributed by atoms with E-state index in [1.807, 2.05) is 0 Å². The molecule has 3 N–H and O–H groups in total.